The van der Waals surface area contributed by atoms with Crippen molar-refractivity contribution in [2.75, 3.05) is 13.2 Å². The first-order chi connectivity index (χ1) is 30.0. The van der Waals surface area contributed by atoms with Gasteiger partial charge in [-0.2, -0.15) is 0 Å². The molecule has 4 atom stereocenters. The van der Waals surface area contributed by atoms with Gasteiger partial charge in [0, 0.05) is 31.0 Å². The molecular formula is C49H57N5O8. The van der Waals surface area contributed by atoms with Crippen LogP contribution in [0.25, 0.3) is 0 Å². The maximum Gasteiger partial charge on any atom is 0.408 e. The third-order valence-electron chi connectivity index (χ3n) is 10.5. The molecule has 0 aliphatic carbocycles. The van der Waals surface area contributed by atoms with E-state index in [1.54, 1.807) is 19.1 Å². The molecule has 4 aromatic carbocycles. The molecule has 5 rings (SSSR count). The van der Waals surface area contributed by atoms with Gasteiger partial charge in [-0.3, -0.25) is 19.2 Å². The van der Waals surface area contributed by atoms with Gasteiger partial charge >= 0.3 is 12.1 Å². The van der Waals surface area contributed by atoms with Crippen molar-refractivity contribution in [1.82, 2.24) is 26.6 Å². The van der Waals surface area contributed by atoms with Crippen LogP contribution < -0.4 is 26.6 Å². The van der Waals surface area contributed by atoms with Crippen LogP contribution in [0.2, 0.25) is 0 Å². The predicted octanol–water partition coefficient (Wildman–Crippen LogP) is 5.83. The second-order valence-corrected chi connectivity index (χ2v) is 15.6. The molecule has 5 N–H and O–H groups in total. The summed E-state index contributed by atoms with van der Waals surface area (Å²) in [6.07, 6.45) is 2.47. The molecule has 0 bridgehead atoms. The number of hydrogen-bond donors (Lipinski definition) is 5. The summed E-state index contributed by atoms with van der Waals surface area (Å²) in [6.45, 7) is 6.08. The molecule has 5 amide bonds. The molecule has 326 valence electrons. The summed E-state index contributed by atoms with van der Waals surface area (Å²) in [4.78, 5) is 80.6. The summed E-state index contributed by atoms with van der Waals surface area (Å²) in [5, 5.41) is 14.5. The Morgan fingerprint density at radius 1 is 0.742 bits per heavy atom. The summed E-state index contributed by atoms with van der Waals surface area (Å²) < 4.78 is 10.5. The fourth-order valence-electron chi connectivity index (χ4n) is 7.51. The molecule has 13 heteroatoms. The van der Waals surface area contributed by atoms with Gasteiger partial charge in [0.25, 0.3) is 0 Å². The number of esters is 1. The molecule has 13 nitrogen and oxygen atoms in total. The van der Waals surface area contributed by atoms with E-state index in [0.717, 1.165) is 22.3 Å². The fourth-order valence-corrected chi connectivity index (χ4v) is 7.51. The number of benzene rings is 4. The number of rotatable bonds is 21. The van der Waals surface area contributed by atoms with Crippen LogP contribution in [0.3, 0.4) is 0 Å². The lowest BCUT2D eigenvalue weighted by Gasteiger charge is -2.37. The molecule has 0 spiro atoms. The second kappa shape index (κ2) is 23.3. The summed E-state index contributed by atoms with van der Waals surface area (Å²) in [7, 11) is 0. The van der Waals surface area contributed by atoms with E-state index in [0.29, 0.717) is 13.0 Å². The highest BCUT2D eigenvalue weighted by Crippen LogP contribution is 2.37. The minimum Gasteiger partial charge on any atom is -0.463 e. The summed E-state index contributed by atoms with van der Waals surface area (Å²) >= 11 is 0. The number of ether oxygens (including phenoxy) is 2. The van der Waals surface area contributed by atoms with Gasteiger partial charge in [-0.05, 0) is 60.8 Å². The normalized spacial score (nSPS) is 15.2. The minimum absolute atomic E-state index is 0.0599. The van der Waals surface area contributed by atoms with Gasteiger partial charge in [0.15, 0.2) is 0 Å². The number of amides is 5. The number of carbonyl (C=O) groups is 6. The van der Waals surface area contributed by atoms with E-state index in [1.807, 2.05) is 123 Å². The first-order valence-electron chi connectivity index (χ1n) is 21.2. The molecule has 4 aromatic rings. The maximum absolute atomic E-state index is 14.3. The number of alkyl carbamates (subject to hydrolysis) is 1. The number of carbonyl (C=O) groups excluding carboxylic acids is 6. The average molecular weight is 844 g/mol. The fraction of sp³-hybridized carbons (Fsp3) is 0.347. The van der Waals surface area contributed by atoms with E-state index in [1.165, 1.54) is 12.2 Å². The highest BCUT2D eigenvalue weighted by atomic mass is 16.5. The van der Waals surface area contributed by atoms with Gasteiger partial charge < -0.3 is 36.1 Å². The Balaban J connectivity index is 1.39. The third kappa shape index (κ3) is 13.4. The standard InChI is InChI=1S/C49H57N5O8/c1-4-61-44(56)28-25-40(32-36-29-30-50-45(36)57)51-47(59)42(31-34(2)3)52-46(58)41(53-48(60)62-33-35-17-9-5-10-18-35)26-27-43(55)54-49(37-19-11-6-12-20-37,38-21-13-7-14-22-38)39-23-15-8-16-24-39/h5-25,28,34,36,40-42H,4,26-27,29-33H2,1-3H3,(H,50,57)(H,51,59)(H,52,58)(H,53,60)(H,54,55)/b28-25+/t36-,40+,41-,42-/m0/s1. The molecule has 1 aliphatic rings. The molecular weight excluding hydrogens is 787 g/mol. The molecule has 0 saturated carbocycles. The Hall–Kier alpha value is -6.76. The number of hydrogen-bond acceptors (Lipinski definition) is 8. The van der Waals surface area contributed by atoms with Crippen LogP contribution in [0.15, 0.2) is 133 Å². The van der Waals surface area contributed by atoms with Gasteiger partial charge in [-0.1, -0.05) is 141 Å². The molecule has 0 aromatic heterocycles. The van der Waals surface area contributed by atoms with Gasteiger partial charge in [0.1, 0.15) is 24.2 Å². The Bertz CT molecular complexity index is 2020. The van der Waals surface area contributed by atoms with Crippen molar-refractivity contribution in [3.8, 4) is 0 Å². The molecule has 0 radical (unpaired) electrons. The largest absolute Gasteiger partial charge is 0.463 e. The molecule has 1 aliphatic heterocycles. The van der Waals surface area contributed by atoms with Crippen LogP contribution in [-0.2, 0) is 45.6 Å². The minimum atomic E-state index is -1.30. The summed E-state index contributed by atoms with van der Waals surface area (Å²) in [5.41, 5.74) is 2.06. The topological polar surface area (TPSA) is 181 Å². The van der Waals surface area contributed by atoms with Crippen molar-refractivity contribution in [2.24, 2.45) is 11.8 Å². The molecule has 1 saturated heterocycles. The summed E-state index contributed by atoms with van der Waals surface area (Å²) in [5.74, 6) is -2.85. The predicted molar refractivity (Wildman–Crippen MR) is 235 cm³/mol. The maximum atomic E-state index is 14.3. The molecule has 62 heavy (non-hydrogen) atoms. The van der Waals surface area contributed by atoms with Gasteiger partial charge in [0.2, 0.25) is 23.6 Å². The first kappa shape index (κ1) is 46.3. The highest BCUT2D eigenvalue weighted by Gasteiger charge is 2.38. The van der Waals surface area contributed by atoms with Crippen molar-refractivity contribution in [2.45, 2.75) is 83.1 Å². The van der Waals surface area contributed by atoms with Crippen molar-refractivity contribution >= 4 is 35.7 Å². The van der Waals surface area contributed by atoms with Crippen LogP contribution in [-0.4, -0.2) is 67.0 Å². The van der Waals surface area contributed by atoms with E-state index >= 15 is 0 Å². The zero-order chi connectivity index (χ0) is 44.3. The smallest absolute Gasteiger partial charge is 0.408 e. The van der Waals surface area contributed by atoms with E-state index in [4.69, 9.17) is 9.47 Å². The van der Waals surface area contributed by atoms with Crippen LogP contribution in [0.5, 0.6) is 0 Å². The van der Waals surface area contributed by atoms with E-state index in [2.05, 4.69) is 26.6 Å². The Kier molecular flexibility index (Phi) is 17.4. The third-order valence-corrected chi connectivity index (χ3v) is 10.5. The Labute approximate surface area is 363 Å². The zero-order valence-corrected chi connectivity index (χ0v) is 35.5. The highest BCUT2D eigenvalue weighted by molar-refractivity contribution is 5.92. The van der Waals surface area contributed by atoms with Crippen LogP contribution in [0.4, 0.5) is 4.79 Å². The first-order valence-corrected chi connectivity index (χ1v) is 21.2. The van der Waals surface area contributed by atoms with Crippen molar-refractivity contribution in [1.29, 1.82) is 0 Å². The second-order valence-electron chi connectivity index (χ2n) is 15.6. The van der Waals surface area contributed by atoms with Gasteiger partial charge in [-0.25, -0.2) is 9.59 Å². The van der Waals surface area contributed by atoms with Gasteiger partial charge in [-0.15, -0.1) is 0 Å². The van der Waals surface area contributed by atoms with Crippen molar-refractivity contribution in [3.63, 3.8) is 0 Å². The quantitative estimate of drug-likeness (QED) is 0.0395. The SMILES string of the molecule is CCOC(=O)/C=C/[C@H](C[C@@H]1CCNC1=O)NC(=O)[C@H](CC(C)C)NC(=O)[C@H](CCC(=O)NC(c1ccccc1)(c1ccccc1)c1ccccc1)NC(=O)OCc1ccccc1. The molecule has 1 fully saturated rings. The molecule has 0 unspecified atom stereocenters. The lowest BCUT2D eigenvalue weighted by atomic mass is 9.77. The number of nitrogens with one attached hydrogen (secondary N) is 5. The van der Waals surface area contributed by atoms with Crippen LogP contribution >= 0.6 is 0 Å². The zero-order valence-electron chi connectivity index (χ0n) is 35.5. The Morgan fingerprint density at radius 2 is 1.29 bits per heavy atom. The van der Waals surface area contributed by atoms with Crippen molar-refractivity contribution in [3.05, 3.63) is 156 Å². The van der Waals surface area contributed by atoms with Crippen LogP contribution in [0, 0.1) is 11.8 Å². The van der Waals surface area contributed by atoms with Gasteiger partial charge in [0.05, 0.1) is 6.61 Å². The van der Waals surface area contributed by atoms with E-state index < -0.39 is 59.4 Å². The van der Waals surface area contributed by atoms with Crippen LogP contribution in [0.1, 0.15) is 75.1 Å². The van der Waals surface area contributed by atoms with E-state index in [-0.39, 0.29) is 50.7 Å². The van der Waals surface area contributed by atoms with Crippen molar-refractivity contribution < 1.29 is 38.2 Å². The monoisotopic (exact) mass is 843 g/mol. The lowest BCUT2D eigenvalue weighted by Crippen LogP contribution is -2.55. The molecule has 1 heterocycles. The summed E-state index contributed by atoms with van der Waals surface area (Å²) in [6, 6.07) is 34.7. The average Bonchev–Trinajstić information content (AvgIpc) is 3.69. The lowest BCUT2D eigenvalue weighted by molar-refractivity contribution is -0.137. The Morgan fingerprint density at radius 3 is 1.81 bits per heavy atom. The van der Waals surface area contributed by atoms with E-state index in [9.17, 15) is 28.8 Å².